The minimum atomic E-state index is 0.744. The normalized spacial score (nSPS) is 64.8. The lowest BCUT2D eigenvalue weighted by molar-refractivity contribution is -0.176. The maximum atomic E-state index is 2.68. The van der Waals surface area contributed by atoms with Gasteiger partial charge in [-0.1, -0.05) is 46.5 Å². The maximum Gasteiger partial charge on any atom is -0.0122 e. The Labute approximate surface area is 107 Å². The Bertz CT molecular complexity index is 359. The second kappa shape index (κ2) is 2.94. The standard InChI is InChI=1S/C17H28/c1-12-13-8-4-6-10-15(13,2)17(12)14-9-5-7-11-16(14,17)3/h12-14H,4-11H2,1-3H3. The van der Waals surface area contributed by atoms with Crippen molar-refractivity contribution in [3.8, 4) is 0 Å². The molecule has 0 nitrogen and oxygen atoms in total. The molecule has 0 N–H and O–H groups in total. The molecule has 4 rings (SSSR count). The molecule has 4 aliphatic rings. The molecule has 4 fully saturated rings. The fourth-order valence-corrected chi connectivity index (χ4v) is 7.88. The van der Waals surface area contributed by atoms with Crippen LogP contribution in [0.2, 0.25) is 0 Å². The first kappa shape index (κ1) is 10.9. The number of fused-ring (bicyclic) bond motifs is 5. The Morgan fingerprint density at radius 2 is 1.47 bits per heavy atom. The second-order valence-corrected chi connectivity index (χ2v) is 8.14. The fourth-order valence-electron chi connectivity index (χ4n) is 7.88. The van der Waals surface area contributed by atoms with Gasteiger partial charge in [-0.2, -0.15) is 0 Å². The van der Waals surface area contributed by atoms with Crippen molar-refractivity contribution in [2.24, 2.45) is 34.0 Å². The third-order valence-corrected chi connectivity index (χ3v) is 8.17. The summed E-state index contributed by atoms with van der Waals surface area (Å²) in [7, 11) is 0. The topological polar surface area (TPSA) is 0 Å². The predicted molar refractivity (Wildman–Crippen MR) is 71.7 cm³/mol. The molecule has 4 saturated carbocycles. The summed E-state index contributed by atoms with van der Waals surface area (Å²) in [5.41, 5.74) is 2.29. The Balaban J connectivity index is 1.75. The summed E-state index contributed by atoms with van der Waals surface area (Å²) in [6.45, 7) is 7.95. The first-order chi connectivity index (χ1) is 8.09. The highest BCUT2D eigenvalue weighted by Crippen LogP contribution is 2.92. The van der Waals surface area contributed by atoms with Gasteiger partial charge in [0.2, 0.25) is 0 Å². The molecule has 0 bridgehead atoms. The van der Waals surface area contributed by atoms with E-state index in [2.05, 4.69) is 20.8 Å². The second-order valence-electron chi connectivity index (χ2n) is 8.14. The molecule has 6 unspecified atom stereocenters. The van der Waals surface area contributed by atoms with Gasteiger partial charge >= 0.3 is 0 Å². The molecule has 0 aliphatic heterocycles. The summed E-state index contributed by atoms with van der Waals surface area (Å²) in [5.74, 6) is 3.23. The molecule has 0 aromatic carbocycles. The third kappa shape index (κ3) is 0.871. The lowest BCUT2D eigenvalue weighted by Gasteiger charge is -2.65. The Morgan fingerprint density at radius 1 is 0.824 bits per heavy atom. The molecule has 17 heavy (non-hydrogen) atoms. The van der Waals surface area contributed by atoms with Crippen LogP contribution in [0, 0.1) is 34.0 Å². The molecule has 0 heterocycles. The molecule has 96 valence electrons. The van der Waals surface area contributed by atoms with Gasteiger partial charge in [-0.05, 0) is 59.7 Å². The molecular weight excluding hydrogens is 204 g/mol. The molecule has 6 atom stereocenters. The molecule has 0 radical (unpaired) electrons. The van der Waals surface area contributed by atoms with E-state index in [-0.39, 0.29) is 0 Å². The van der Waals surface area contributed by atoms with Crippen molar-refractivity contribution in [3.05, 3.63) is 0 Å². The summed E-state index contributed by atoms with van der Waals surface area (Å²) >= 11 is 0. The lowest BCUT2D eigenvalue weighted by atomic mass is 9.39. The van der Waals surface area contributed by atoms with Gasteiger partial charge in [-0.3, -0.25) is 0 Å². The summed E-state index contributed by atoms with van der Waals surface area (Å²) < 4.78 is 0. The zero-order chi connectivity index (χ0) is 11.9. The van der Waals surface area contributed by atoms with Crippen molar-refractivity contribution in [2.45, 2.75) is 72.1 Å². The largest absolute Gasteiger partial charge is 0.0616 e. The van der Waals surface area contributed by atoms with Crippen LogP contribution >= 0.6 is 0 Å². The summed E-state index contributed by atoms with van der Waals surface area (Å²) in [6, 6.07) is 0. The minimum absolute atomic E-state index is 0.744. The SMILES string of the molecule is CC1C2CCCCC2(C)C12C1CCCCC12C. The van der Waals surface area contributed by atoms with Gasteiger partial charge in [0.15, 0.2) is 0 Å². The average Bonchev–Trinajstić information content (AvgIpc) is 2.92. The third-order valence-electron chi connectivity index (χ3n) is 8.17. The molecule has 0 aromatic rings. The van der Waals surface area contributed by atoms with E-state index < -0.39 is 0 Å². The highest BCUT2D eigenvalue weighted by molar-refractivity contribution is 5.34. The predicted octanol–water partition coefficient (Wildman–Crippen LogP) is 5.03. The monoisotopic (exact) mass is 232 g/mol. The van der Waals surface area contributed by atoms with E-state index in [0.717, 1.165) is 34.0 Å². The van der Waals surface area contributed by atoms with Gasteiger partial charge in [0.05, 0.1) is 0 Å². The van der Waals surface area contributed by atoms with Crippen LogP contribution < -0.4 is 0 Å². The Morgan fingerprint density at radius 3 is 2.12 bits per heavy atom. The van der Waals surface area contributed by atoms with Crippen LogP contribution in [-0.2, 0) is 0 Å². The van der Waals surface area contributed by atoms with Crippen molar-refractivity contribution >= 4 is 0 Å². The van der Waals surface area contributed by atoms with Crippen molar-refractivity contribution in [3.63, 3.8) is 0 Å². The Hall–Kier alpha value is 0. The van der Waals surface area contributed by atoms with Crippen molar-refractivity contribution in [1.82, 2.24) is 0 Å². The Kier molecular flexibility index (Phi) is 1.88. The van der Waals surface area contributed by atoms with Gasteiger partial charge < -0.3 is 0 Å². The smallest absolute Gasteiger partial charge is 0.0122 e. The number of hydrogen-bond acceptors (Lipinski definition) is 0. The maximum absolute atomic E-state index is 2.68. The van der Waals surface area contributed by atoms with Crippen LogP contribution in [0.3, 0.4) is 0 Å². The van der Waals surface area contributed by atoms with Crippen LogP contribution in [0.1, 0.15) is 72.1 Å². The van der Waals surface area contributed by atoms with Gasteiger partial charge in [0.25, 0.3) is 0 Å². The van der Waals surface area contributed by atoms with E-state index in [1.807, 2.05) is 0 Å². The van der Waals surface area contributed by atoms with Gasteiger partial charge in [-0.25, -0.2) is 0 Å². The van der Waals surface area contributed by atoms with E-state index in [0.29, 0.717) is 0 Å². The van der Waals surface area contributed by atoms with E-state index in [9.17, 15) is 0 Å². The number of rotatable bonds is 0. The zero-order valence-corrected chi connectivity index (χ0v) is 11.9. The molecular formula is C17H28. The van der Waals surface area contributed by atoms with Crippen LogP contribution in [-0.4, -0.2) is 0 Å². The summed E-state index contributed by atoms with van der Waals surface area (Å²) in [6.07, 6.45) is 12.3. The zero-order valence-electron chi connectivity index (χ0n) is 11.9. The number of hydrogen-bond donors (Lipinski definition) is 0. The minimum Gasteiger partial charge on any atom is -0.0616 e. The quantitative estimate of drug-likeness (QED) is 0.549. The van der Waals surface area contributed by atoms with E-state index in [1.54, 1.807) is 25.7 Å². The van der Waals surface area contributed by atoms with E-state index in [4.69, 9.17) is 0 Å². The van der Waals surface area contributed by atoms with Gasteiger partial charge in [-0.15, -0.1) is 0 Å². The molecule has 0 amide bonds. The summed E-state index contributed by atoms with van der Waals surface area (Å²) in [4.78, 5) is 0. The van der Waals surface area contributed by atoms with E-state index >= 15 is 0 Å². The molecule has 0 aromatic heterocycles. The highest BCUT2D eigenvalue weighted by atomic mass is 14.9. The first-order valence-corrected chi connectivity index (χ1v) is 8.09. The molecule has 1 spiro atoms. The van der Waals surface area contributed by atoms with Crippen LogP contribution in [0.25, 0.3) is 0 Å². The highest BCUT2D eigenvalue weighted by Gasteiger charge is 2.87. The average molecular weight is 232 g/mol. The van der Waals surface area contributed by atoms with Crippen molar-refractivity contribution < 1.29 is 0 Å². The molecule has 4 aliphatic carbocycles. The van der Waals surface area contributed by atoms with Crippen LogP contribution in [0.4, 0.5) is 0 Å². The van der Waals surface area contributed by atoms with E-state index in [1.165, 1.54) is 25.7 Å². The van der Waals surface area contributed by atoms with Gasteiger partial charge in [0.1, 0.15) is 0 Å². The molecule has 0 heteroatoms. The first-order valence-electron chi connectivity index (χ1n) is 8.09. The van der Waals surface area contributed by atoms with Crippen molar-refractivity contribution in [1.29, 1.82) is 0 Å². The molecule has 0 saturated heterocycles. The summed E-state index contributed by atoms with van der Waals surface area (Å²) in [5, 5.41) is 0. The van der Waals surface area contributed by atoms with Gasteiger partial charge in [0, 0.05) is 0 Å². The van der Waals surface area contributed by atoms with Crippen LogP contribution in [0.15, 0.2) is 0 Å². The lowest BCUT2D eigenvalue weighted by Crippen LogP contribution is -2.60. The van der Waals surface area contributed by atoms with Crippen LogP contribution in [0.5, 0.6) is 0 Å². The fraction of sp³-hybridized carbons (Fsp3) is 1.00. The van der Waals surface area contributed by atoms with Crippen molar-refractivity contribution in [2.75, 3.05) is 0 Å².